The predicted molar refractivity (Wildman–Crippen MR) is 193 cm³/mol. The van der Waals surface area contributed by atoms with Crippen LogP contribution in [0.4, 0.5) is 11.4 Å². The van der Waals surface area contributed by atoms with Gasteiger partial charge in [0.25, 0.3) is 0 Å². The van der Waals surface area contributed by atoms with Crippen molar-refractivity contribution in [1.29, 1.82) is 0 Å². The number of rotatable bonds is 9. The summed E-state index contributed by atoms with van der Waals surface area (Å²) in [5.41, 5.74) is 21.6. The van der Waals surface area contributed by atoms with Gasteiger partial charge in [-0.25, -0.2) is 0 Å². The SMILES string of the molecule is Cc1cc(Oc2ccc(N)cc2)c(C2CCCCC2)cc1C(c1cc(C2CCCCC2)c(Oc2ccc(N)cc2)cc1C)C(C)C. The zero-order chi connectivity index (χ0) is 32.2. The second-order valence-corrected chi connectivity index (χ2v) is 14.2. The zero-order valence-electron chi connectivity index (χ0n) is 28.3. The van der Waals surface area contributed by atoms with Gasteiger partial charge in [-0.2, -0.15) is 0 Å². The van der Waals surface area contributed by atoms with Crippen LogP contribution < -0.4 is 20.9 Å². The zero-order valence-corrected chi connectivity index (χ0v) is 28.3. The summed E-state index contributed by atoms with van der Waals surface area (Å²) in [6.07, 6.45) is 12.6. The Morgan fingerprint density at radius 2 is 0.913 bits per heavy atom. The first-order valence-corrected chi connectivity index (χ1v) is 17.6. The number of anilines is 2. The van der Waals surface area contributed by atoms with Crippen molar-refractivity contribution < 1.29 is 9.47 Å². The second kappa shape index (κ2) is 14.2. The first kappa shape index (κ1) is 32.0. The maximum absolute atomic E-state index is 6.62. The summed E-state index contributed by atoms with van der Waals surface area (Å²) in [6.45, 7) is 9.28. The van der Waals surface area contributed by atoms with E-state index < -0.39 is 0 Å². The van der Waals surface area contributed by atoms with E-state index in [2.05, 4.69) is 52.0 Å². The molecule has 4 heteroatoms. The molecule has 4 aromatic rings. The molecule has 0 unspecified atom stereocenters. The maximum Gasteiger partial charge on any atom is 0.131 e. The van der Waals surface area contributed by atoms with E-state index in [1.165, 1.54) is 97.6 Å². The number of ether oxygens (including phenoxy) is 2. The highest BCUT2D eigenvalue weighted by atomic mass is 16.5. The van der Waals surface area contributed by atoms with E-state index in [9.17, 15) is 0 Å². The summed E-state index contributed by atoms with van der Waals surface area (Å²) in [6, 6.07) is 25.2. The van der Waals surface area contributed by atoms with Gasteiger partial charge in [0, 0.05) is 17.3 Å². The van der Waals surface area contributed by atoms with Gasteiger partial charge in [0.15, 0.2) is 0 Å². The number of benzene rings is 4. The van der Waals surface area contributed by atoms with E-state index in [4.69, 9.17) is 20.9 Å². The smallest absolute Gasteiger partial charge is 0.131 e. The fraction of sp³-hybridized carbons (Fsp3) is 0.429. The van der Waals surface area contributed by atoms with Gasteiger partial charge in [0.05, 0.1) is 0 Å². The van der Waals surface area contributed by atoms with E-state index in [0.29, 0.717) is 17.8 Å². The van der Waals surface area contributed by atoms with Crippen molar-refractivity contribution in [3.8, 4) is 23.0 Å². The van der Waals surface area contributed by atoms with Crippen LogP contribution in [-0.4, -0.2) is 0 Å². The molecule has 6 rings (SSSR count). The summed E-state index contributed by atoms with van der Waals surface area (Å²) in [4.78, 5) is 0. The Bertz CT molecular complexity index is 1490. The van der Waals surface area contributed by atoms with Gasteiger partial charge in [-0.15, -0.1) is 0 Å². The molecular formula is C42H52N2O2. The van der Waals surface area contributed by atoms with Crippen molar-refractivity contribution in [2.75, 3.05) is 11.5 Å². The Balaban J connectivity index is 1.44. The van der Waals surface area contributed by atoms with E-state index in [-0.39, 0.29) is 5.92 Å². The van der Waals surface area contributed by atoms with Crippen LogP contribution in [0.15, 0.2) is 72.8 Å². The molecule has 2 aliphatic carbocycles. The lowest BCUT2D eigenvalue weighted by molar-refractivity contribution is 0.416. The van der Waals surface area contributed by atoms with Crippen LogP contribution in [0.5, 0.6) is 23.0 Å². The molecule has 46 heavy (non-hydrogen) atoms. The summed E-state index contributed by atoms with van der Waals surface area (Å²) in [7, 11) is 0. The fourth-order valence-electron chi connectivity index (χ4n) is 7.96. The number of hydrogen-bond acceptors (Lipinski definition) is 4. The quantitative estimate of drug-likeness (QED) is 0.184. The highest BCUT2D eigenvalue weighted by molar-refractivity contribution is 5.55. The Morgan fingerprint density at radius 3 is 1.26 bits per heavy atom. The van der Waals surface area contributed by atoms with Gasteiger partial charge in [-0.1, -0.05) is 64.5 Å². The molecule has 2 saturated carbocycles. The first-order chi connectivity index (χ1) is 22.3. The third-order valence-corrected chi connectivity index (χ3v) is 10.4. The van der Waals surface area contributed by atoms with Crippen LogP contribution in [0.3, 0.4) is 0 Å². The highest BCUT2D eigenvalue weighted by Gasteiger charge is 2.29. The Hall–Kier alpha value is -3.92. The lowest BCUT2D eigenvalue weighted by Gasteiger charge is -2.31. The minimum atomic E-state index is 0.265. The summed E-state index contributed by atoms with van der Waals surface area (Å²) in [5, 5.41) is 0. The minimum Gasteiger partial charge on any atom is -0.457 e. The molecule has 4 aromatic carbocycles. The summed E-state index contributed by atoms with van der Waals surface area (Å²) < 4.78 is 13.2. The van der Waals surface area contributed by atoms with Crippen LogP contribution in [0.1, 0.15) is 129 Å². The molecule has 0 aromatic heterocycles. The normalized spacial score (nSPS) is 16.2. The standard InChI is InChI=1S/C42H52N2O2/c1-27(2)42(36-25-38(30-11-7-5-8-12-30)40(23-28(36)3)45-34-19-15-32(43)16-20-34)37-26-39(31-13-9-6-10-14-31)41(24-29(37)4)46-35-21-17-33(44)18-22-35/h15-27,30-31,42H,5-14,43-44H2,1-4H3. The van der Waals surface area contributed by atoms with Crippen molar-refractivity contribution in [2.24, 2.45) is 5.92 Å². The number of nitrogens with two attached hydrogens (primary N) is 2. The average molecular weight is 617 g/mol. The lowest BCUT2D eigenvalue weighted by atomic mass is 9.74. The van der Waals surface area contributed by atoms with Gasteiger partial charge in [-0.3, -0.25) is 0 Å². The third kappa shape index (κ3) is 7.22. The molecule has 4 N–H and O–H groups in total. The van der Waals surface area contributed by atoms with E-state index in [0.717, 1.165) is 34.4 Å². The molecule has 0 bridgehead atoms. The van der Waals surface area contributed by atoms with Crippen LogP contribution in [-0.2, 0) is 0 Å². The van der Waals surface area contributed by atoms with Crippen molar-refractivity contribution in [3.63, 3.8) is 0 Å². The van der Waals surface area contributed by atoms with E-state index >= 15 is 0 Å². The molecule has 242 valence electrons. The molecule has 2 aliphatic rings. The van der Waals surface area contributed by atoms with Gasteiger partial charge >= 0.3 is 0 Å². The Morgan fingerprint density at radius 1 is 0.543 bits per heavy atom. The predicted octanol–water partition coefficient (Wildman–Crippen LogP) is 11.9. The van der Waals surface area contributed by atoms with Crippen LogP contribution in [0.2, 0.25) is 0 Å². The number of aryl methyl sites for hydroxylation is 2. The molecule has 0 amide bonds. The van der Waals surface area contributed by atoms with E-state index in [1.807, 2.05) is 48.5 Å². The molecule has 2 fully saturated rings. The second-order valence-electron chi connectivity index (χ2n) is 14.2. The van der Waals surface area contributed by atoms with Crippen molar-refractivity contribution in [2.45, 2.75) is 110 Å². The topological polar surface area (TPSA) is 70.5 Å². The van der Waals surface area contributed by atoms with Gasteiger partial charge in [0.1, 0.15) is 23.0 Å². The molecule has 0 atom stereocenters. The summed E-state index contributed by atoms with van der Waals surface area (Å²) in [5.74, 6) is 5.37. The third-order valence-electron chi connectivity index (χ3n) is 10.4. The van der Waals surface area contributed by atoms with E-state index in [1.54, 1.807) is 0 Å². The molecule has 0 heterocycles. The molecule has 0 radical (unpaired) electrons. The van der Waals surface area contributed by atoms with Crippen molar-refractivity contribution in [1.82, 2.24) is 0 Å². The average Bonchev–Trinajstić information content (AvgIpc) is 3.06. The Labute approximate surface area is 276 Å². The van der Waals surface area contributed by atoms with Gasteiger partial charge in [0.2, 0.25) is 0 Å². The maximum atomic E-state index is 6.62. The van der Waals surface area contributed by atoms with Crippen molar-refractivity contribution in [3.05, 3.63) is 106 Å². The van der Waals surface area contributed by atoms with Gasteiger partial charge < -0.3 is 20.9 Å². The van der Waals surface area contributed by atoms with Crippen LogP contribution in [0, 0.1) is 19.8 Å². The van der Waals surface area contributed by atoms with Crippen molar-refractivity contribution >= 4 is 11.4 Å². The lowest BCUT2D eigenvalue weighted by Crippen LogP contribution is -2.15. The molecule has 0 saturated heterocycles. The first-order valence-electron chi connectivity index (χ1n) is 17.6. The van der Waals surface area contributed by atoms with Crippen LogP contribution >= 0.6 is 0 Å². The molecule has 0 aliphatic heterocycles. The molecule has 4 nitrogen and oxygen atoms in total. The number of hydrogen-bond donors (Lipinski definition) is 2. The Kier molecular flexibility index (Phi) is 9.92. The monoisotopic (exact) mass is 616 g/mol. The van der Waals surface area contributed by atoms with Crippen LogP contribution in [0.25, 0.3) is 0 Å². The number of nitrogen functional groups attached to an aromatic ring is 2. The fourth-order valence-corrected chi connectivity index (χ4v) is 7.96. The largest absolute Gasteiger partial charge is 0.457 e. The van der Waals surface area contributed by atoms with Gasteiger partial charge in [-0.05, 0) is 151 Å². The molecule has 0 spiro atoms. The molecular weight excluding hydrogens is 564 g/mol. The minimum absolute atomic E-state index is 0.265. The summed E-state index contributed by atoms with van der Waals surface area (Å²) >= 11 is 0. The highest BCUT2D eigenvalue weighted by Crippen LogP contribution is 2.47.